The molecule has 1 amide bonds. The molecule has 1 aromatic rings. The first kappa shape index (κ1) is 14.6. The van der Waals surface area contributed by atoms with Crippen LogP contribution in [0.5, 0.6) is 0 Å². The molecule has 1 aliphatic rings. The summed E-state index contributed by atoms with van der Waals surface area (Å²) in [5.41, 5.74) is 1.08. The Labute approximate surface area is 119 Å². The maximum absolute atomic E-state index is 12.4. The highest BCUT2D eigenvalue weighted by Gasteiger charge is 2.33. The maximum Gasteiger partial charge on any atom is 0.315 e. The van der Waals surface area contributed by atoms with Crippen LogP contribution in [0.25, 0.3) is 0 Å². The Morgan fingerprint density at radius 2 is 2.10 bits per heavy atom. The summed E-state index contributed by atoms with van der Waals surface area (Å²) >= 11 is 0. The molecule has 0 saturated carbocycles. The van der Waals surface area contributed by atoms with Crippen LogP contribution < -0.4 is 0 Å². The van der Waals surface area contributed by atoms with E-state index in [1.807, 2.05) is 29.9 Å². The van der Waals surface area contributed by atoms with Crippen molar-refractivity contribution in [1.29, 1.82) is 0 Å². The second-order valence-electron chi connectivity index (χ2n) is 5.50. The Hall–Kier alpha value is -1.78. The quantitative estimate of drug-likeness (QED) is 0.862. The number of aliphatic carboxylic acids is 1. The Morgan fingerprint density at radius 1 is 1.35 bits per heavy atom. The van der Waals surface area contributed by atoms with Crippen molar-refractivity contribution in [3.63, 3.8) is 0 Å². The van der Waals surface area contributed by atoms with E-state index in [0.717, 1.165) is 31.4 Å². The molecule has 2 atom stereocenters. The second-order valence-corrected chi connectivity index (χ2v) is 5.50. The number of nitrogens with zero attached hydrogens (tertiary/aromatic N) is 2. The van der Waals surface area contributed by atoms with E-state index in [1.54, 1.807) is 4.90 Å². The number of carboxylic acids is 1. The number of hydrogen-bond acceptors (Lipinski definition) is 2. The fraction of sp³-hybridized carbons (Fsp3) is 0.600. The van der Waals surface area contributed by atoms with Crippen molar-refractivity contribution in [2.24, 2.45) is 13.0 Å². The number of rotatable bonds is 3. The predicted molar refractivity (Wildman–Crippen MR) is 75.1 cm³/mol. The summed E-state index contributed by atoms with van der Waals surface area (Å²) in [5, 5.41) is 9.07. The van der Waals surface area contributed by atoms with Crippen molar-refractivity contribution < 1.29 is 14.7 Å². The molecule has 2 heterocycles. The Bertz CT molecular complexity index is 495. The van der Waals surface area contributed by atoms with E-state index in [2.05, 4.69) is 0 Å². The number of amides is 1. The van der Waals surface area contributed by atoms with Gasteiger partial charge in [0.1, 0.15) is 5.92 Å². The van der Waals surface area contributed by atoms with E-state index >= 15 is 0 Å². The Kier molecular flexibility index (Phi) is 4.47. The van der Waals surface area contributed by atoms with E-state index in [-0.39, 0.29) is 11.9 Å². The third-order valence-electron chi connectivity index (χ3n) is 4.10. The van der Waals surface area contributed by atoms with Crippen molar-refractivity contribution >= 4 is 11.9 Å². The second kappa shape index (κ2) is 6.11. The summed E-state index contributed by atoms with van der Waals surface area (Å²) < 4.78 is 2.02. The standard InChI is InChI=1S/C15H22N2O3/c1-11(15(19)20)14(18)17-10-5-3-4-7-13(17)12-8-6-9-16(12)2/h6,8-9,11,13H,3-5,7,10H2,1-2H3,(H,19,20). The van der Waals surface area contributed by atoms with Crippen molar-refractivity contribution in [2.75, 3.05) is 6.54 Å². The van der Waals surface area contributed by atoms with Gasteiger partial charge in [0.2, 0.25) is 5.91 Å². The lowest BCUT2D eigenvalue weighted by molar-refractivity contribution is -0.151. The van der Waals surface area contributed by atoms with E-state index < -0.39 is 11.9 Å². The lowest BCUT2D eigenvalue weighted by atomic mass is 10.0. The van der Waals surface area contributed by atoms with Crippen molar-refractivity contribution in [2.45, 2.75) is 38.6 Å². The van der Waals surface area contributed by atoms with Gasteiger partial charge in [-0.3, -0.25) is 9.59 Å². The zero-order valence-corrected chi connectivity index (χ0v) is 12.1. The third-order valence-corrected chi connectivity index (χ3v) is 4.10. The first-order chi connectivity index (χ1) is 9.52. The smallest absolute Gasteiger partial charge is 0.315 e. The normalized spacial score (nSPS) is 21.3. The molecular formula is C15H22N2O3. The third kappa shape index (κ3) is 2.86. The molecule has 20 heavy (non-hydrogen) atoms. The Morgan fingerprint density at radius 3 is 2.70 bits per heavy atom. The largest absolute Gasteiger partial charge is 0.481 e. The number of hydrogen-bond donors (Lipinski definition) is 1. The van der Waals surface area contributed by atoms with Gasteiger partial charge >= 0.3 is 5.97 Å². The molecule has 5 heteroatoms. The van der Waals surface area contributed by atoms with Gasteiger partial charge in [-0.05, 0) is 31.9 Å². The number of carbonyl (C=O) groups is 2. The SMILES string of the molecule is CC(C(=O)O)C(=O)N1CCCCCC1c1cccn1C. The zero-order chi connectivity index (χ0) is 14.7. The van der Waals surface area contributed by atoms with E-state index in [9.17, 15) is 9.59 Å². The van der Waals surface area contributed by atoms with Gasteiger partial charge in [-0.1, -0.05) is 12.8 Å². The molecule has 2 unspecified atom stereocenters. The van der Waals surface area contributed by atoms with E-state index in [1.165, 1.54) is 6.92 Å². The summed E-state index contributed by atoms with van der Waals surface area (Å²) in [6.07, 6.45) is 5.96. The highest BCUT2D eigenvalue weighted by atomic mass is 16.4. The molecule has 2 rings (SSSR count). The van der Waals surface area contributed by atoms with Crippen molar-refractivity contribution in [3.8, 4) is 0 Å². The average molecular weight is 278 g/mol. The molecule has 1 aromatic heterocycles. The first-order valence-electron chi connectivity index (χ1n) is 7.17. The minimum Gasteiger partial charge on any atom is -0.481 e. The molecule has 110 valence electrons. The molecule has 5 nitrogen and oxygen atoms in total. The van der Waals surface area contributed by atoms with Gasteiger partial charge in [0.05, 0.1) is 6.04 Å². The van der Waals surface area contributed by atoms with Crippen LogP contribution in [0, 0.1) is 5.92 Å². The predicted octanol–water partition coefficient (Wildman–Crippen LogP) is 2.19. The van der Waals surface area contributed by atoms with Gasteiger partial charge < -0.3 is 14.6 Å². The van der Waals surface area contributed by atoms with Crippen molar-refractivity contribution in [3.05, 3.63) is 24.0 Å². The van der Waals surface area contributed by atoms with Crippen LogP contribution in [-0.4, -0.2) is 33.0 Å². The minimum atomic E-state index is -1.05. The van der Waals surface area contributed by atoms with Crippen LogP contribution in [0.3, 0.4) is 0 Å². The molecule has 1 saturated heterocycles. The lowest BCUT2D eigenvalue weighted by Gasteiger charge is -2.31. The van der Waals surface area contributed by atoms with Gasteiger partial charge in [0.15, 0.2) is 0 Å². The van der Waals surface area contributed by atoms with Crippen LogP contribution in [-0.2, 0) is 16.6 Å². The summed E-state index contributed by atoms with van der Waals surface area (Å²) in [5.74, 6) is -2.30. The number of likely N-dealkylation sites (tertiary alicyclic amines) is 1. The monoisotopic (exact) mass is 278 g/mol. The van der Waals surface area contributed by atoms with Gasteiger partial charge in [0.25, 0.3) is 0 Å². The van der Waals surface area contributed by atoms with Crippen LogP contribution in [0.4, 0.5) is 0 Å². The Balaban J connectivity index is 2.28. The molecule has 0 bridgehead atoms. The van der Waals surface area contributed by atoms with E-state index in [0.29, 0.717) is 6.54 Å². The van der Waals surface area contributed by atoms with Crippen LogP contribution in [0.1, 0.15) is 44.3 Å². The van der Waals surface area contributed by atoms with Crippen molar-refractivity contribution in [1.82, 2.24) is 9.47 Å². The summed E-state index contributed by atoms with van der Waals surface area (Å²) in [6, 6.07) is 3.97. The van der Waals surface area contributed by atoms with Gasteiger partial charge in [-0.15, -0.1) is 0 Å². The molecule has 1 N–H and O–H groups in total. The zero-order valence-electron chi connectivity index (χ0n) is 12.1. The summed E-state index contributed by atoms with van der Waals surface area (Å²) in [6.45, 7) is 2.11. The fourth-order valence-electron chi connectivity index (χ4n) is 2.85. The number of carbonyl (C=O) groups excluding carboxylic acids is 1. The van der Waals surface area contributed by atoms with Gasteiger partial charge in [-0.2, -0.15) is 0 Å². The number of carboxylic acid groups (broad SMARTS) is 1. The highest BCUT2D eigenvalue weighted by Crippen LogP contribution is 2.31. The van der Waals surface area contributed by atoms with Crippen LogP contribution in [0.15, 0.2) is 18.3 Å². The number of aromatic nitrogens is 1. The maximum atomic E-state index is 12.4. The summed E-state index contributed by atoms with van der Waals surface area (Å²) in [7, 11) is 1.96. The summed E-state index contributed by atoms with van der Waals surface area (Å²) in [4.78, 5) is 25.3. The fourth-order valence-corrected chi connectivity index (χ4v) is 2.85. The molecule has 0 radical (unpaired) electrons. The van der Waals surface area contributed by atoms with E-state index in [4.69, 9.17) is 5.11 Å². The van der Waals surface area contributed by atoms with Gasteiger partial charge in [0, 0.05) is 25.5 Å². The molecule has 0 aliphatic carbocycles. The molecule has 0 aromatic carbocycles. The molecular weight excluding hydrogens is 256 g/mol. The average Bonchev–Trinajstić information content (AvgIpc) is 2.70. The molecule has 1 fully saturated rings. The topological polar surface area (TPSA) is 62.5 Å². The van der Waals surface area contributed by atoms with Crippen LogP contribution in [0.2, 0.25) is 0 Å². The molecule has 1 aliphatic heterocycles. The first-order valence-corrected chi connectivity index (χ1v) is 7.17. The molecule has 0 spiro atoms. The highest BCUT2D eigenvalue weighted by molar-refractivity contribution is 5.96. The lowest BCUT2D eigenvalue weighted by Crippen LogP contribution is -2.41. The van der Waals surface area contributed by atoms with Crippen LogP contribution >= 0.6 is 0 Å². The minimum absolute atomic E-state index is 0.00759. The number of aryl methyl sites for hydroxylation is 1. The van der Waals surface area contributed by atoms with Gasteiger partial charge in [-0.25, -0.2) is 0 Å².